The van der Waals surface area contributed by atoms with E-state index < -0.39 is 0 Å². The number of fused-ring (bicyclic) bond motifs is 1. The first-order valence-electron chi connectivity index (χ1n) is 8.05. The minimum Gasteiger partial charge on any atom is -0.481 e. The lowest BCUT2D eigenvalue weighted by Gasteiger charge is -2.13. The molecule has 0 aliphatic carbocycles. The Morgan fingerprint density at radius 3 is 2.76 bits per heavy atom. The molecule has 128 valence electrons. The maximum Gasteiger partial charge on any atom is 0.213 e. The predicted molar refractivity (Wildman–Crippen MR) is 104 cm³/mol. The predicted octanol–water partition coefficient (Wildman–Crippen LogP) is 3.47. The Kier molecular flexibility index (Phi) is 4.90. The number of aromatic nitrogens is 3. The van der Waals surface area contributed by atoms with Gasteiger partial charge in [-0.1, -0.05) is 19.1 Å². The van der Waals surface area contributed by atoms with Gasteiger partial charge in [-0.15, -0.1) is 0 Å². The van der Waals surface area contributed by atoms with E-state index in [1.807, 2.05) is 44.2 Å². The number of hydrogen-bond donors (Lipinski definition) is 1. The van der Waals surface area contributed by atoms with Crippen LogP contribution >= 0.6 is 12.2 Å². The van der Waals surface area contributed by atoms with E-state index in [4.69, 9.17) is 22.7 Å². The summed E-state index contributed by atoms with van der Waals surface area (Å²) in [4.78, 5) is 14.1. The van der Waals surface area contributed by atoms with Crippen LogP contribution in [0.3, 0.4) is 0 Å². The van der Waals surface area contributed by atoms with Crippen molar-refractivity contribution in [2.45, 2.75) is 20.3 Å². The van der Waals surface area contributed by atoms with Gasteiger partial charge in [0.2, 0.25) is 5.88 Å². The second-order valence-electron chi connectivity index (χ2n) is 6.08. The first-order chi connectivity index (χ1) is 12.0. The summed E-state index contributed by atoms with van der Waals surface area (Å²) in [5, 5.41) is 0. The van der Waals surface area contributed by atoms with Gasteiger partial charge < -0.3 is 10.5 Å². The van der Waals surface area contributed by atoms with Gasteiger partial charge in [0.15, 0.2) is 0 Å². The van der Waals surface area contributed by atoms with Crippen LogP contribution in [0.2, 0.25) is 0 Å². The van der Waals surface area contributed by atoms with Gasteiger partial charge >= 0.3 is 0 Å². The Balaban J connectivity index is 2.14. The van der Waals surface area contributed by atoms with Crippen molar-refractivity contribution in [2.24, 2.45) is 11.7 Å². The molecule has 0 bridgehead atoms. The van der Waals surface area contributed by atoms with Crippen LogP contribution < -0.4 is 10.5 Å². The molecule has 3 heterocycles. The van der Waals surface area contributed by atoms with Gasteiger partial charge in [0.25, 0.3) is 0 Å². The van der Waals surface area contributed by atoms with Crippen molar-refractivity contribution in [1.29, 1.82) is 0 Å². The van der Waals surface area contributed by atoms with Crippen molar-refractivity contribution in [3.63, 3.8) is 0 Å². The zero-order chi connectivity index (χ0) is 18.0. The second-order valence-corrected chi connectivity index (χ2v) is 6.55. The number of pyridine rings is 3. The SMILES string of the molecule is COc1cc(-c2ccnc3ccc(C)nc23)cc(CC(C)C(N)=S)n1. The van der Waals surface area contributed by atoms with E-state index in [9.17, 15) is 0 Å². The van der Waals surface area contributed by atoms with Crippen LogP contribution in [0.5, 0.6) is 5.88 Å². The van der Waals surface area contributed by atoms with Gasteiger partial charge in [-0.3, -0.25) is 9.97 Å². The quantitative estimate of drug-likeness (QED) is 0.709. The molecule has 3 aromatic heterocycles. The van der Waals surface area contributed by atoms with Crippen molar-refractivity contribution < 1.29 is 4.74 Å². The summed E-state index contributed by atoms with van der Waals surface area (Å²) < 4.78 is 5.38. The van der Waals surface area contributed by atoms with Gasteiger partial charge in [0, 0.05) is 35.1 Å². The average Bonchev–Trinajstić information content (AvgIpc) is 2.60. The van der Waals surface area contributed by atoms with E-state index in [2.05, 4.69) is 15.0 Å². The molecule has 1 atom stereocenters. The highest BCUT2D eigenvalue weighted by molar-refractivity contribution is 7.80. The molecule has 0 amide bonds. The number of thiocarbonyl (C=S) groups is 1. The van der Waals surface area contributed by atoms with Crippen molar-refractivity contribution >= 4 is 28.2 Å². The molecule has 25 heavy (non-hydrogen) atoms. The topological polar surface area (TPSA) is 73.9 Å². The summed E-state index contributed by atoms with van der Waals surface area (Å²) in [5.41, 5.74) is 11.3. The molecule has 3 rings (SSSR count). The molecule has 0 fully saturated rings. The lowest BCUT2D eigenvalue weighted by Crippen LogP contribution is -2.20. The van der Waals surface area contributed by atoms with E-state index in [1.165, 1.54) is 0 Å². The number of nitrogens with zero attached hydrogens (tertiary/aromatic N) is 3. The summed E-state index contributed by atoms with van der Waals surface area (Å²) in [6.07, 6.45) is 2.45. The minimum atomic E-state index is 0.0667. The zero-order valence-electron chi connectivity index (χ0n) is 14.5. The molecule has 0 saturated heterocycles. The van der Waals surface area contributed by atoms with Crippen molar-refractivity contribution in [3.8, 4) is 17.0 Å². The van der Waals surface area contributed by atoms with Gasteiger partial charge in [-0.25, -0.2) is 4.98 Å². The van der Waals surface area contributed by atoms with Gasteiger partial charge in [0.05, 0.1) is 23.1 Å². The van der Waals surface area contributed by atoms with Crippen LogP contribution in [0.1, 0.15) is 18.3 Å². The van der Waals surface area contributed by atoms with Crippen LogP contribution in [0, 0.1) is 12.8 Å². The normalized spacial score (nSPS) is 12.1. The Morgan fingerprint density at radius 1 is 1.24 bits per heavy atom. The van der Waals surface area contributed by atoms with Crippen LogP contribution in [0.4, 0.5) is 0 Å². The fraction of sp³-hybridized carbons (Fsp3) is 0.263. The molecule has 0 aliphatic heterocycles. The third kappa shape index (κ3) is 3.74. The summed E-state index contributed by atoms with van der Waals surface area (Å²) in [5.74, 6) is 0.622. The number of ether oxygens (including phenoxy) is 1. The third-order valence-electron chi connectivity index (χ3n) is 4.10. The first-order valence-corrected chi connectivity index (χ1v) is 8.45. The molecule has 0 aromatic carbocycles. The molecule has 1 unspecified atom stereocenters. The van der Waals surface area contributed by atoms with Crippen LogP contribution in [-0.4, -0.2) is 27.1 Å². The first kappa shape index (κ1) is 17.2. The van der Waals surface area contributed by atoms with Crippen LogP contribution in [-0.2, 0) is 6.42 Å². The van der Waals surface area contributed by atoms with Gasteiger partial charge in [-0.05, 0) is 43.2 Å². The summed E-state index contributed by atoms with van der Waals surface area (Å²) in [6, 6.07) is 9.85. The summed E-state index contributed by atoms with van der Waals surface area (Å²) in [7, 11) is 1.61. The number of hydrogen-bond acceptors (Lipinski definition) is 5. The molecule has 2 N–H and O–H groups in total. The highest BCUT2D eigenvalue weighted by Crippen LogP contribution is 2.29. The van der Waals surface area contributed by atoms with E-state index in [1.54, 1.807) is 13.3 Å². The summed E-state index contributed by atoms with van der Waals surface area (Å²) >= 11 is 5.08. The number of nitrogens with two attached hydrogens (primary N) is 1. The molecule has 6 heteroatoms. The lowest BCUT2D eigenvalue weighted by atomic mass is 10.0. The van der Waals surface area contributed by atoms with Crippen LogP contribution in [0.15, 0.2) is 36.5 Å². The standard InChI is InChI=1S/C19H20N4OS/c1-11(19(20)25)8-14-9-13(10-17(23-14)24-3)15-6-7-21-16-5-4-12(2)22-18(15)16/h4-7,9-11H,8H2,1-3H3,(H2,20,25). The van der Waals surface area contributed by atoms with Crippen molar-refractivity contribution in [2.75, 3.05) is 7.11 Å². The average molecular weight is 352 g/mol. The van der Waals surface area contributed by atoms with E-state index in [-0.39, 0.29) is 5.92 Å². The summed E-state index contributed by atoms with van der Waals surface area (Å²) in [6.45, 7) is 3.97. The van der Waals surface area contributed by atoms with Crippen LogP contribution in [0.25, 0.3) is 22.2 Å². The molecule has 0 saturated carbocycles. The number of methoxy groups -OCH3 is 1. The highest BCUT2D eigenvalue weighted by atomic mass is 32.1. The van der Waals surface area contributed by atoms with Crippen molar-refractivity contribution in [1.82, 2.24) is 15.0 Å². The Labute approximate surface area is 152 Å². The molecular weight excluding hydrogens is 332 g/mol. The molecule has 5 nitrogen and oxygen atoms in total. The fourth-order valence-electron chi connectivity index (χ4n) is 2.69. The molecule has 0 aliphatic rings. The zero-order valence-corrected chi connectivity index (χ0v) is 15.3. The molecular formula is C19H20N4OS. The van der Waals surface area contributed by atoms with Gasteiger partial charge in [-0.2, -0.15) is 0 Å². The lowest BCUT2D eigenvalue weighted by molar-refractivity contribution is 0.396. The van der Waals surface area contributed by atoms with E-state index >= 15 is 0 Å². The van der Waals surface area contributed by atoms with E-state index in [0.29, 0.717) is 17.3 Å². The smallest absolute Gasteiger partial charge is 0.213 e. The fourth-order valence-corrected chi connectivity index (χ4v) is 2.78. The number of aryl methyl sites for hydroxylation is 1. The van der Waals surface area contributed by atoms with Crippen molar-refractivity contribution in [3.05, 3.63) is 47.9 Å². The second kappa shape index (κ2) is 7.11. The Hall–Kier alpha value is -2.60. The molecule has 3 aromatic rings. The maximum atomic E-state index is 5.75. The number of rotatable bonds is 5. The highest BCUT2D eigenvalue weighted by Gasteiger charge is 2.13. The van der Waals surface area contributed by atoms with Gasteiger partial charge in [0.1, 0.15) is 0 Å². The Morgan fingerprint density at radius 2 is 2.04 bits per heavy atom. The largest absolute Gasteiger partial charge is 0.481 e. The Bertz CT molecular complexity index is 942. The molecule has 0 spiro atoms. The van der Waals surface area contributed by atoms with E-state index in [0.717, 1.165) is 33.5 Å². The third-order valence-corrected chi connectivity index (χ3v) is 4.50. The molecule has 0 radical (unpaired) electrons. The maximum absolute atomic E-state index is 5.75. The minimum absolute atomic E-state index is 0.0667. The monoisotopic (exact) mass is 352 g/mol.